The molecule has 4 amide bonds. The van der Waals surface area contributed by atoms with Crippen LogP contribution in [-0.2, 0) is 25.6 Å². The zero-order valence-corrected chi connectivity index (χ0v) is 25.9. The van der Waals surface area contributed by atoms with Gasteiger partial charge in [0.15, 0.2) is 9.75 Å². The summed E-state index contributed by atoms with van der Waals surface area (Å²) in [6, 6.07) is 12.1. The number of aromatic hydroxyl groups is 1. The zero-order valence-electron chi connectivity index (χ0n) is 21.2. The average molecular weight is 711 g/mol. The zero-order chi connectivity index (χ0) is 28.7. The fraction of sp³-hybridized carbons (Fsp3) is 0.379. The second-order valence-corrected chi connectivity index (χ2v) is 13.4. The molecule has 0 radical (unpaired) electrons. The molecular weight excluding hydrogens is 687 g/mol. The van der Waals surface area contributed by atoms with Crippen LogP contribution in [0.25, 0.3) is 0 Å². The van der Waals surface area contributed by atoms with Crippen LogP contribution in [0.5, 0.6) is 5.75 Å². The maximum Gasteiger partial charge on any atom is 0.254 e. The van der Waals surface area contributed by atoms with Crippen molar-refractivity contribution in [3.8, 4) is 5.75 Å². The molecule has 208 valence electrons. The molecule has 0 bridgehead atoms. The van der Waals surface area contributed by atoms with E-state index in [1.165, 1.54) is 11.0 Å². The van der Waals surface area contributed by atoms with Crippen molar-refractivity contribution in [1.29, 1.82) is 0 Å². The summed E-state index contributed by atoms with van der Waals surface area (Å²) in [5.74, 6) is -5.28. The molecule has 2 heterocycles. The van der Waals surface area contributed by atoms with Crippen molar-refractivity contribution in [2.75, 3.05) is 10.4 Å². The molecule has 4 aliphatic rings. The van der Waals surface area contributed by atoms with Crippen molar-refractivity contribution in [2.45, 2.75) is 41.9 Å². The van der Waals surface area contributed by atoms with Crippen LogP contribution in [-0.4, -0.2) is 48.8 Å². The molecule has 3 fully saturated rings. The summed E-state index contributed by atoms with van der Waals surface area (Å²) < 4.78 is 0.625. The quantitative estimate of drug-likeness (QED) is 0.192. The van der Waals surface area contributed by atoms with E-state index in [0.717, 1.165) is 16.9 Å². The summed E-state index contributed by atoms with van der Waals surface area (Å²) in [5, 5.41) is 11.0. The number of imide groups is 2. The minimum Gasteiger partial charge on any atom is -0.508 e. The summed E-state index contributed by atoms with van der Waals surface area (Å²) >= 11 is 21.0. The predicted molar refractivity (Wildman–Crippen MR) is 157 cm³/mol. The molecule has 2 aromatic rings. The number of amides is 4. The standard InChI is InChI=1S/C29H24Br2Cl2N2O5/c1-2-14-3-6-16(7-4-14)35-24(37)18-9-8-17-20(22(18)25(35)38)12-28(32)26(39)34(13-30)27(40)29(28,33)23(17)19-11-15(31)5-10-21(19)36/h3-8,10-11,18,20,22-23,36H,2,9,12-13H2,1H3. The lowest BCUT2D eigenvalue weighted by molar-refractivity contribution is -0.138. The van der Waals surface area contributed by atoms with Gasteiger partial charge < -0.3 is 5.11 Å². The molecule has 7 nitrogen and oxygen atoms in total. The highest BCUT2D eigenvalue weighted by molar-refractivity contribution is 9.10. The van der Waals surface area contributed by atoms with Crippen molar-refractivity contribution in [3.63, 3.8) is 0 Å². The van der Waals surface area contributed by atoms with Gasteiger partial charge in [-0.2, -0.15) is 0 Å². The first-order valence-electron chi connectivity index (χ1n) is 12.9. The Labute approximate surface area is 257 Å². The normalized spacial score (nSPS) is 33.2. The molecule has 2 aromatic carbocycles. The number of hydrogen-bond donors (Lipinski definition) is 1. The third-order valence-corrected chi connectivity index (χ3v) is 11.3. The second-order valence-electron chi connectivity index (χ2n) is 10.7. The van der Waals surface area contributed by atoms with Crippen molar-refractivity contribution in [1.82, 2.24) is 4.90 Å². The smallest absolute Gasteiger partial charge is 0.254 e. The van der Waals surface area contributed by atoms with Crippen LogP contribution in [0.4, 0.5) is 5.69 Å². The monoisotopic (exact) mass is 708 g/mol. The van der Waals surface area contributed by atoms with E-state index in [0.29, 0.717) is 21.3 Å². The lowest BCUT2D eigenvalue weighted by atomic mass is 9.56. The Morgan fingerprint density at radius 2 is 1.70 bits per heavy atom. The Bertz CT molecular complexity index is 1510. The first-order chi connectivity index (χ1) is 19.0. The number of carbonyl (C=O) groups is 4. The van der Waals surface area contributed by atoms with Gasteiger partial charge in [-0.05, 0) is 61.1 Å². The highest BCUT2D eigenvalue weighted by Crippen LogP contribution is 2.66. The van der Waals surface area contributed by atoms with E-state index in [1.807, 2.05) is 25.1 Å². The number of phenolic OH excluding ortho intramolecular Hbond substituents is 1. The molecule has 40 heavy (non-hydrogen) atoms. The van der Waals surface area contributed by atoms with E-state index >= 15 is 0 Å². The minimum absolute atomic E-state index is 0.105. The van der Waals surface area contributed by atoms with Gasteiger partial charge in [-0.1, -0.05) is 62.6 Å². The number of benzene rings is 2. The van der Waals surface area contributed by atoms with E-state index in [4.69, 9.17) is 23.2 Å². The molecule has 2 saturated heterocycles. The average Bonchev–Trinajstić information content (AvgIpc) is 3.28. The summed E-state index contributed by atoms with van der Waals surface area (Å²) in [7, 11) is 0. The van der Waals surface area contributed by atoms with Crippen LogP contribution in [0.1, 0.15) is 36.8 Å². The molecule has 0 spiro atoms. The number of hydrogen-bond acceptors (Lipinski definition) is 5. The maximum absolute atomic E-state index is 14.0. The number of carbonyl (C=O) groups excluding carboxylic acids is 4. The van der Waals surface area contributed by atoms with Gasteiger partial charge in [0.2, 0.25) is 11.8 Å². The van der Waals surface area contributed by atoms with E-state index in [1.54, 1.807) is 24.3 Å². The summed E-state index contributed by atoms with van der Waals surface area (Å²) in [6.07, 6.45) is 2.82. The minimum atomic E-state index is -1.96. The largest absolute Gasteiger partial charge is 0.508 e. The fourth-order valence-electron chi connectivity index (χ4n) is 6.99. The molecule has 1 N–H and O–H groups in total. The van der Waals surface area contributed by atoms with Crippen molar-refractivity contribution >= 4 is 84.4 Å². The van der Waals surface area contributed by atoms with Gasteiger partial charge in [0.25, 0.3) is 11.8 Å². The SMILES string of the molecule is CCc1ccc(N2C(=O)C3CC=C4C(CC5(Cl)C(=O)N(CBr)C(=O)C5(Cl)C4c4cc(Br)ccc4O)C3C2=O)cc1. The van der Waals surface area contributed by atoms with E-state index in [-0.39, 0.29) is 35.9 Å². The predicted octanol–water partition coefficient (Wildman–Crippen LogP) is 5.63. The number of aryl methyl sites for hydroxylation is 1. The number of fused-ring (bicyclic) bond motifs is 4. The van der Waals surface area contributed by atoms with Crippen LogP contribution in [0.3, 0.4) is 0 Å². The van der Waals surface area contributed by atoms with Crippen molar-refractivity contribution in [2.24, 2.45) is 17.8 Å². The molecule has 2 aliphatic carbocycles. The molecule has 6 unspecified atom stereocenters. The number of likely N-dealkylation sites (tertiary alicyclic amines) is 1. The summed E-state index contributed by atoms with van der Waals surface area (Å²) in [4.78, 5) is 53.5. The number of halogens is 4. The van der Waals surface area contributed by atoms with E-state index in [2.05, 4.69) is 31.9 Å². The molecule has 0 aromatic heterocycles. The Morgan fingerprint density at radius 3 is 2.35 bits per heavy atom. The van der Waals surface area contributed by atoms with Crippen LogP contribution < -0.4 is 4.90 Å². The number of alkyl halides is 3. The van der Waals surface area contributed by atoms with Gasteiger partial charge in [-0.25, -0.2) is 0 Å². The molecule has 1 saturated carbocycles. The number of rotatable bonds is 4. The first kappa shape index (κ1) is 27.9. The van der Waals surface area contributed by atoms with Gasteiger partial charge in [0.1, 0.15) is 5.75 Å². The summed E-state index contributed by atoms with van der Waals surface area (Å²) in [5.41, 5.74) is 2.40. The van der Waals surface area contributed by atoms with Crippen LogP contribution in [0.2, 0.25) is 0 Å². The van der Waals surface area contributed by atoms with Gasteiger partial charge in [0.05, 0.1) is 23.0 Å². The Balaban J connectivity index is 1.51. The van der Waals surface area contributed by atoms with Gasteiger partial charge in [-0.3, -0.25) is 29.0 Å². The van der Waals surface area contributed by atoms with E-state index < -0.39 is 45.2 Å². The fourth-order valence-corrected chi connectivity index (χ4v) is 8.79. The van der Waals surface area contributed by atoms with Gasteiger partial charge in [0, 0.05) is 16.0 Å². The van der Waals surface area contributed by atoms with E-state index in [9.17, 15) is 24.3 Å². The number of nitrogens with zero attached hydrogens (tertiary/aromatic N) is 2. The lowest BCUT2D eigenvalue weighted by Crippen LogP contribution is -2.60. The number of phenols is 1. The molecule has 11 heteroatoms. The van der Waals surface area contributed by atoms with Gasteiger partial charge >= 0.3 is 0 Å². The Hall–Kier alpha value is -2.20. The maximum atomic E-state index is 14.0. The van der Waals surface area contributed by atoms with Gasteiger partial charge in [-0.15, -0.1) is 23.2 Å². The first-order valence-corrected chi connectivity index (χ1v) is 15.6. The van der Waals surface area contributed by atoms with Crippen molar-refractivity contribution < 1.29 is 24.3 Å². The van der Waals surface area contributed by atoms with Crippen LogP contribution in [0.15, 0.2) is 58.6 Å². The molecule has 6 rings (SSSR count). The number of anilines is 1. The van der Waals surface area contributed by atoms with Crippen LogP contribution in [0, 0.1) is 17.8 Å². The highest BCUT2D eigenvalue weighted by atomic mass is 79.9. The third kappa shape index (κ3) is 3.60. The molecular formula is C29H24Br2Cl2N2O5. The Kier molecular flexibility index (Phi) is 6.76. The number of allylic oxidation sites excluding steroid dienone is 2. The second kappa shape index (κ2) is 9.68. The topological polar surface area (TPSA) is 95.0 Å². The third-order valence-electron chi connectivity index (χ3n) is 8.92. The van der Waals surface area contributed by atoms with Crippen LogP contribution >= 0.6 is 55.1 Å². The lowest BCUT2D eigenvalue weighted by Gasteiger charge is -2.50. The van der Waals surface area contributed by atoms with Crippen molar-refractivity contribution in [3.05, 3.63) is 69.7 Å². The summed E-state index contributed by atoms with van der Waals surface area (Å²) in [6.45, 7) is 2.02. The molecule has 6 atom stereocenters. The highest BCUT2D eigenvalue weighted by Gasteiger charge is 2.76. The Morgan fingerprint density at radius 1 is 1.00 bits per heavy atom. The molecule has 2 aliphatic heterocycles.